The third-order valence-electron chi connectivity index (χ3n) is 6.47. The smallest absolute Gasteiger partial charge is 0.321 e. The number of carbonyl (C=O) groups excluding carboxylic acids is 2. The third kappa shape index (κ3) is 5.55. The van der Waals surface area contributed by atoms with Crippen molar-refractivity contribution in [2.45, 2.75) is 6.92 Å². The average Bonchev–Trinajstić information content (AvgIpc) is 2.89. The second-order valence-corrected chi connectivity index (χ2v) is 9.03. The van der Waals surface area contributed by atoms with Crippen molar-refractivity contribution >= 4 is 45.1 Å². The Morgan fingerprint density at radius 3 is 2.44 bits per heavy atom. The van der Waals surface area contributed by atoms with Crippen LogP contribution in [0.25, 0.3) is 21.7 Å². The number of nitrogens with one attached hydrogen (secondary N) is 3. The molecule has 0 atom stereocenters. The van der Waals surface area contributed by atoms with Crippen molar-refractivity contribution in [1.82, 2.24) is 20.1 Å². The molecule has 0 unspecified atom stereocenters. The molecule has 0 saturated carbocycles. The number of urea groups is 2. The number of amides is 4. The molecule has 5 rings (SSSR count). The number of hydrogen-bond donors (Lipinski definition) is 3. The minimum atomic E-state index is -0.237. The molecule has 4 amide bonds. The summed E-state index contributed by atoms with van der Waals surface area (Å²) >= 11 is 0. The number of aryl methyl sites for hydroxylation is 1. The minimum Gasteiger partial charge on any atom is -0.337 e. The molecule has 8 nitrogen and oxygen atoms in total. The zero-order valence-corrected chi connectivity index (χ0v) is 20.3. The summed E-state index contributed by atoms with van der Waals surface area (Å²) in [6, 6.07) is 23.4. The van der Waals surface area contributed by atoms with Crippen LogP contribution in [0.3, 0.4) is 0 Å². The molecule has 184 valence electrons. The summed E-state index contributed by atoms with van der Waals surface area (Å²) in [5, 5.41) is 12.1. The molecule has 0 aliphatic carbocycles. The van der Waals surface area contributed by atoms with Crippen molar-refractivity contribution in [2.24, 2.45) is 0 Å². The lowest BCUT2D eigenvalue weighted by atomic mass is 10.1. The van der Waals surface area contributed by atoms with E-state index in [4.69, 9.17) is 0 Å². The van der Waals surface area contributed by atoms with E-state index in [1.54, 1.807) is 0 Å². The average molecular weight is 483 g/mol. The Morgan fingerprint density at radius 2 is 1.61 bits per heavy atom. The molecule has 1 aliphatic rings. The van der Waals surface area contributed by atoms with Crippen LogP contribution in [0.15, 0.2) is 72.8 Å². The molecule has 0 radical (unpaired) electrons. The number of carbonyl (C=O) groups is 2. The van der Waals surface area contributed by atoms with E-state index in [1.165, 1.54) is 0 Å². The molecule has 0 spiro atoms. The van der Waals surface area contributed by atoms with Crippen molar-refractivity contribution in [1.29, 1.82) is 0 Å². The van der Waals surface area contributed by atoms with Gasteiger partial charge in [-0.2, -0.15) is 0 Å². The Labute approximate surface area is 210 Å². The van der Waals surface area contributed by atoms with Crippen molar-refractivity contribution < 1.29 is 9.59 Å². The second kappa shape index (κ2) is 10.6. The summed E-state index contributed by atoms with van der Waals surface area (Å²) < 4.78 is 0. The first kappa shape index (κ1) is 23.6. The number of piperazine rings is 1. The molecule has 4 aromatic rings. The molecule has 1 fully saturated rings. The van der Waals surface area contributed by atoms with E-state index in [0.717, 1.165) is 58.4 Å². The summed E-state index contributed by atoms with van der Waals surface area (Å²) in [7, 11) is 0. The number of anilines is 2. The Balaban J connectivity index is 1.06. The second-order valence-electron chi connectivity index (χ2n) is 9.03. The lowest BCUT2D eigenvalue weighted by Crippen LogP contribution is -2.51. The molecule has 1 aliphatic heterocycles. The summed E-state index contributed by atoms with van der Waals surface area (Å²) in [6.07, 6.45) is 0. The molecule has 3 N–H and O–H groups in total. The molecule has 36 heavy (non-hydrogen) atoms. The van der Waals surface area contributed by atoms with Gasteiger partial charge in [0.15, 0.2) is 0 Å². The molecule has 0 bridgehead atoms. The van der Waals surface area contributed by atoms with Crippen LogP contribution in [0, 0.1) is 6.92 Å². The fourth-order valence-electron chi connectivity index (χ4n) is 4.55. The van der Waals surface area contributed by atoms with Crippen LogP contribution >= 0.6 is 0 Å². The molecule has 3 aromatic carbocycles. The number of nitrogens with zero attached hydrogens (tertiary/aromatic N) is 3. The van der Waals surface area contributed by atoms with Crippen molar-refractivity contribution in [2.75, 3.05) is 49.9 Å². The van der Waals surface area contributed by atoms with Crippen molar-refractivity contribution in [3.05, 3.63) is 78.5 Å². The van der Waals surface area contributed by atoms with Gasteiger partial charge in [-0.3, -0.25) is 9.88 Å². The van der Waals surface area contributed by atoms with Gasteiger partial charge in [0, 0.05) is 56.0 Å². The SMILES string of the molecule is Cc1cc(NC(=O)NCCN2CCN(C(=O)Nc3ccc4ccccc4c3)CC2)c2ccccc2n1. The molecule has 1 saturated heterocycles. The van der Waals surface area contributed by atoms with Gasteiger partial charge in [0.05, 0.1) is 11.2 Å². The molecular formula is C28H30N6O2. The number of rotatable bonds is 5. The Morgan fingerprint density at radius 1 is 0.861 bits per heavy atom. The van der Waals surface area contributed by atoms with Crippen LogP contribution in [0.5, 0.6) is 0 Å². The highest BCUT2D eigenvalue weighted by molar-refractivity contribution is 6.00. The van der Waals surface area contributed by atoms with Crippen LogP contribution in [-0.4, -0.2) is 66.1 Å². The van der Waals surface area contributed by atoms with Gasteiger partial charge >= 0.3 is 12.1 Å². The zero-order chi connectivity index (χ0) is 24.9. The van der Waals surface area contributed by atoms with Crippen LogP contribution in [0.4, 0.5) is 21.0 Å². The van der Waals surface area contributed by atoms with Gasteiger partial charge in [-0.1, -0.05) is 48.5 Å². The fourth-order valence-corrected chi connectivity index (χ4v) is 4.55. The maximum absolute atomic E-state index is 12.7. The minimum absolute atomic E-state index is 0.0812. The number of hydrogen-bond acceptors (Lipinski definition) is 4. The number of pyridine rings is 1. The van der Waals surface area contributed by atoms with Crippen molar-refractivity contribution in [3.8, 4) is 0 Å². The summed E-state index contributed by atoms with van der Waals surface area (Å²) in [4.78, 5) is 33.8. The van der Waals surface area contributed by atoms with Crippen molar-refractivity contribution in [3.63, 3.8) is 0 Å². The fraction of sp³-hybridized carbons (Fsp3) is 0.250. The largest absolute Gasteiger partial charge is 0.337 e. The van der Waals surface area contributed by atoms with Crippen LogP contribution in [-0.2, 0) is 0 Å². The number of fused-ring (bicyclic) bond motifs is 2. The molecule has 2 heterocycles. The maximum atomic E-state index is 12.7. The van der Waals surface area contributed by atoms with E-state index in [0.29, 0.717) is 19.6 Å². The van der Waals surface area contributed by atoms with Gasteiger partial charge in [0.2, 0.25) is 0 Å². The Kier molecular flexibility index (Phi) is 6.95. The standard InChI is InChI=1S/C28H30N6O2/c1-20-18-26(24-8-4-5-9-25(24)30-20)32-27(35)29-12-13-33-14-16-34(17-15-33)28(36)31-23-11-10-21-6-2-3-7-22(21)19-23/h2-11,18-19H,12-17H2,1H3,(H,31,36)(H2,29,30,32,35). The van der Waals surface area contributed by atoms with Gasteiger partial charge in [-0.25, -0.2) is 9.59 Å². The lowest BCUT2D eigenvalue weighted by molar-refractivity contribution is 0.148. The Hall–Kier alpha value is -4.17. The van der Waals surface area contributed by atoms with E-state index in [2.05, 4.69) is 31.9 Å². The monoisotopic (exact) mass is 482 g/mol. The van der Waals surface area contributed by atoms with Crippen LogP contribution < -0.4 is 16.0 Å². The highest BCUT2D eigenvalue weighted by Crippen LogP contribution is 2.23. The summed E-state index contributed by atoms with van der Waals surface area (Å²) in [5.41, 5.74) is 3.26. The van der Waals surface area contributed by atoms with E-state index in [-0.39, 0.29) is 12.1 Å². The van der Waals surface area contributed by atoms with E-state index < -0.39 is 0 Å². The quantitative estimate of drug-likeness (QED) is 0.386. The first-order valence-electron chi connectivity index (χ1n) is 12.2. The van der Waals surface area contributed by atoms with E-state index in [1.807, 2.05) is 78.6 Å². The molecule has 1 aromatic heterocycles. The van der Waals surface area contributed by atoms with Gasteiger partial charge in [0.25, 0.3) is 0 Å². The number of benzene rings is 3. The highest BCUT2D eigenvalue weighted by atomic mass is 16.2. The van der Waals surface area contributed by atoms with Crippen LogP contribution in [0.1, 0.15) is 5.69 Å². The van der Waals surface area contributed by atoms with Crippen LogP contribution in [0.2, 0.25) is 0 Å². The summed E-state index contributed by atoms with van der Waals surface area (Å²) in [6.45, 7) is 5.99. The third-order valence-corrected chi connectivity index (χ3v) is 6.47. The number of aromatic nitrogens is 1. The summed E-state index contributed by atoms with van der Waals surface area (Å²) in [5.74, 6) is 0. The van der Waals surface area contributed by atoms with Gasteiger partial charge in [0.1, 0.15) is 0 Å². The maximum Gasteiger partial charge on any atom is 0.321 e. The first-order chi connectivity index (χ1) is 17.5. The normalized spacial score (nSPS) is 14.1. The Bertz CT molecular complexity index is 1400. The highest BCUT2D eigenvalue weighted by Gasteiger charge is 2.21. The topological polar surface area (TPSA) is 89.6 Å². The zero-order valence-electron chi connectivity index (χ0n) is 20.3. The predicted molar refractivity (Wildman–Crippen MR) is 144 cm³/mol. The molecular weight excluding hydrogens is 452 g/mol. The van der Waals surface area contributed by atoms with Gasteiger partial charge < -0.3 is 20.9 Å². The lowest BCUT2D eigenvalue weighted by Gasteiger charge is -2.34. The predicted octanol–water partition coefficient (Wildman–Crippen LogP) is 4.67. The van der Waals surface area contributed by atoms with Gasteiger partial charge in [-0.05, 0) is 42.0 Å². The van der Waals surface area contributed by atoms with E-state index in [9.17, 15) is 9.59 Å². The van der Waals surface area contributed by atoms with E-state index >= 15 is 0 Å². The molecule has 8 heteroatoms. The number of para-hydroxylation sites is 1. The van der Waals surface area contributed by atoms with Gasteiger partial charge in [-0.15, -0.1) is 0 Å². The first-order valence-corrected chi connectivity index (χ1v) is 12.2.